The monoisotopic (exact) mass is 245 g/mol. The summed E-state index contributed by atoms with van der Waals surface area (Å²) in [4.78, 5) is 8.66. The Kier molecular flexibility index (Phi) is 2.56. The van der Waals surface area contributed by atoms with Gasteiger partial charge in [0, 0.05) is 49.5 Å². The molecule has 0 unspecified atom stereocenters. The van der Waals surface area contributed by atoms with E-state index in [9.17, 15) is 0 Å². The number of thioether (sulfide) groups is 1. The zero-order valence-electron chi connectivity index (χ0n) is 9.32. The van der Waals surface area contributed by atoms with Crippen LogP contribution in [0.25, 0.3) is 5.65 Å². The molecular formula is C11H11N5S. The molecular weight excluding hydrogens is 234 g/mol. The molecule has 0 aliphatic rings. The molecule has 86 valence electrons. The normalized spacial score (nSPS) is 11.1. The summed E-state index contributed by atoms with van der Waals surface area (Å²) >= 11 is 1.67. The van der Waals surface area contributed by atoms with Gasteiger partial charge < -0.3 is 4.40 Å². The molecule has 0 N–H and O–H groups in total. The van der Waals surface area contributed by atoms with E-state index in [1.54, 1.807) is 30.4 Å². The zero-order valence-corrected chi connectivity index (χ0v) is 10.1. The zero-order chi connectivity index (χ0) is 11.7. The van der Waals surface area contributed by atoms with E-state index in [1.807, 2.05) is 34.6 Å². The fraction of sp³-hybridized carbons (Fsp3) is 0.182. The molecule has 3 rings (SSSR count). The summed E-state index contributed by atoms with van der Waals surface area (Å²) in [6.45, 7) is 0. The first kappa shape index (κ1) is 10.3. The molecule has 5 nitrogen and oxygen atoms in total. The van der Waals surface area contributed by atoms with Crippen molar-refractivity contribution in [2.75, 3.05) is 0 Å². The fourth-order valence-corrected chi connectivity index (χ4v) is 2.61. The minimum atomic E-state index is 0.843. The molecule has 0 saturated heterocycles. The lowest BCUT2D eigenvalue weighted by Crippen LogP contribution is -1.96. The molecule has 0 atom stereocenters. The van der Waals surface area contributed by atoms with E-state index >= 15 is 0 Å². The first-order valence-electron chi connectivity index (χ1n) is 5.22. The fourth-order valence-electron chi connectivity index (χ4n) is 1.62. The SMILES string of the molecule is Cn1nccc1CSc1nccn2ccnc12. The van der Waals surface area contributed by atoms with Crippen molar-refractivity contribution in [3.05, 3.63) is 42.7 Å². The number of hydrogen-bond acceptors (Lipinski definition) is 4. The highest BCUT2D eigenvalue weighted by atomic mass is 32.2. The molecule has 0 amide bonds. The van der Waals surface area contributed by atoms with Gasteiger partial charge in [0.1, 0.15) is 5.03 Å². The van der Waals surface area contributed by atoms with Gasteiger partial charge in [0.2, 0.25) is 0 Å². The van der Waals surface area contributed by atoms with Crippen molar-refractivity contribution in [3.63, 3.8) is 0 Å². The van der Waals surface area contributed by atoms with E-state index in [0.29, 0.717) is 0 Å². The number of nitrogens with zero attached hydrogens (tertiary/aromatic N) is 5. The average Bonchev–Trinajstić information content (AvgIpc) is 2.95. The van der Waals surface area contributed by atoms with E-state index in [4.69, 9.17) is 0 Å². The first-order valence-corrected chi connectivity index (χ1v) is 6.20. The van der Waals surface area contributed by atoms with Gasteiger partial charge >= 0.3 is 0 Å². The van der Waals surface area contributed by atoms with Gasteiger partial charge in [-0.15, -0.1) is 0 Å². The highest BCUT2D eigenvalue weighted by Gasteiger charge is 2.06. The smallest absolute Gasteiger partial charge is 0.169 e. The molecule has 0 aliphatic heterocycles. The Balaban J connectivity index is 1.86. The number of aryl methyl sites for hydroxylation is 1. The Labute approximate surface area is 103 Å². The maximum absolute atomic E-state index is 4.36. The molecule has 0 radical (unpaired) electrons. The van der Waals surface area contributed by atoms with Crippen LogP contribution in [0.4, 0.5) is 0 Å². The molecule has 6 heteroatoms. The van der Waals surface area contributed by atoms with Crippen LogP contribution < -0.4 is 0 Å². The largest absolute Gasteiger partial charge is 0.303 e. The second kappa shape index (κ2) is 4.21. The summed E-state index contributed by atoms with van der Waals surface area (Å²) in [6, 6.07) is 2.01. The van der Waals surface area contributed by atoms with E-state index in [-0.39, 0.29) is 0 Å². The van der Waals surface area contributed by atoms with Crippen LogP contribution in [0.2, 0.25) is 0 Å². The van der Waals surface area contributed by atoms with Gasteiger partial charge in [-0.05, 0) is 6.07 Å². The number of aromatic nitrogens is 5. The van der Waals surface area contributed by atoms with Crippen LogP contribution in [0, 0.1) is 0 Å². The summed E-state index contributed by atoms with van der Waals surface area (Å²) in [5.74, 6) is 0.843. The van der Waals surface area contributed by atoms with Gasteiger partial charge in [0.05, 0.1) is 0 Å². The van der Waals surface area contributed by atoms with E-state index < -0.39 is 0 Å². The Morgan fingerprint density at radius 3 is 2.76 bits per heavy atom. The molecule has 0 aromatic carbocycles. The number of fused-ring (bicyclic) bond motifs is 1. The van der Waals surface area contributed by atoms with Crippen molar-refractivity contribution in [3.8, 4) is 0 Å². The molecule has 0 fully saturated rings. The minimum absolute atomic E-state index is 0.843. The summed E-state index contributed by atoms with van der Waals surface area (Å²) in [7, 11) is 1.94. The molecule has 0 bridgehead atoms. The van der Waals surface area contributed by atoms with E-state index in [0.717, 1.165) is 16.4 Å². The summed E-state index contributed by atoms with van der Waals surface area (Å²) in [6.07, 6.45) is 9.20. The second-order valence-corrected chi connectivity index (χ2v) is 4.59. The Hall–Kier alpha value is -1.82. The average molecular weight is 245 g/mol. The Morgan fingerprint density at radius 1 is 1.18 bits per heavy atom. The van der Waals surface area contributed by atoms with Gasteiger partial charge in [0.15, 0.2) is 5.65 Å². The lowest BCUT2D eigenvalue weighted by molar-refractivity contribution is 0.736. The third kappa shape index (κ3) is 1.91. The van der Waals surface area contributed by atoms with Crippen molar-refractivity contribution in [1.29, 1.82) is 0 Å². The minimum Gasteiger partial charge on any atom is -0.303 e. The molecule has 17 heavy (non-hydrogen) atoms. The van der Waals surface area contributed by atoms with Crippen LogP contribution in [0.15, 0.2) is 42.1 Å². The molecule has 0 aliphatic carbocycles. The predicted octanol–water partition coefficient (Wildman–Crippen LogP) is 1.76. The van der Waals surface area contributed by atoms with Crippen molar-refractivity contribution < 1.29 is 0 Å². The van der Waals surface area contributed by atoms with Crippen LogP contribution in [-0.2, 0) is 12.8 Å². The third-order valence-corrected chi connectivity index (χ3v) is 3.56. The van der Waals surface area contributed by atoms with Crippen LogP contribution in [0.3, 0.4) is 0 Å². The van der Waals surface area contributed by atoms with Crippen molar-refractivity contribution in [2.45, 2.75) is 10.8 Å². The number of rotatable bonds is 3. The van der Waals surface area contributed by atoms with Crippen LogP contribution in [-0.4, -0.2) is 24.1 Å². The van der Waals surface area contributed by atoms with Crippen LogP contribution in [0.1, 0.15) is 5.69 Å². The van der Waals surface area contributed by atoms with Crippen molar-refractivity contribution in [2.24, 2.45) is 7.05 Å². The van der Waals surface area contributed by atoms with Crippen LogP contribution in [0.5, 0.6) is 0 Å². The van der Waals surface area contributed by atoms with Gasteiger partial charge in [0.25, 0.3) is 0 Å². The molecule has 0 spiro atoms. The number of imidazole rings is 1. The first-order chi connectivity index (χ1) is 8.34. The Bertz CT molecular complexity index is 642. The predicted molar refractivity (Wildman–Crippen MR) is 65.8 cm³/mol. The van der Waals surface area contributed by atoms with Gasteiger partial charge in [-0.25, -0.2) is 9.97 Å². The van der Waals surface area contributed by atoms with E-state index in [2.05, 4.69) is 15.1 Å². The van der Waals surface area contributed by atoms with E-state index in [1.165, 1.54) is 5.69 Å². The van der Waals surface area contributed by atoms with Gasteiger partial charge in [-0.3, -0.25) is 4.68 Å². The van der Waals surface area contributed by atoms with Gasteiger partial charge in [-0.2, -0.15) is 5.10 Å². The van der Waals surface area contributed by atoms with Crippen molar-refractivity contribution in [1.82, 2.24) is 24.1 Å². The quantitative estimate of drug-likeness (QED) is 0.660. The lowest BCUT2D eigenvalue weighted by Gasteiger charge is -2.03. The van der Waals surface area contributed by atoms with Crippen LogP contribution >= 0.6 is 11.8 Å². The highest BCUT2D eigenvalue weighted by molar-refractivity contribution is 7.98. The summed E-state index contributed by atoms with van der Waals surface area (Å²) in [5.41, 5.74) is 2.07. The molecule has 0 saturated carbocycles. The molecule has 3 aromatic heterocycles. The molecule has 3 aromatic rings. The third-order valence-electron chi connectivity index (χ3n) is 2.56. The number of hydrogen-bond donors (Lipinski definition) is 0. The second-order valence-electron chi connectivity index (χ2n) is 3.63. The highest BCUT2D eigenvalue weighted by Crippen LogP contribution is 2.23. The summed E-state index contributed by atoms with van der Waals surface area (Å²) in [5, 5.41) is 5.09. The van der Waals surface area contributed by atoms with Gasteiger partial charge in [-0.1, -0.05) is 11.8 Å². The Morgan fingerprint density at radius 2 is 2.00 bits per heavy atom. The van der Waals surface area contributed by atoms with Crippen molar-refractivity contribution >= 4 is 17.4 Å². The topological polar surface area (TPSA) is 48.0 Å². The maximum atomic E-state index is 4.36. The summed E-state index contributed by atoms with van der Waals surface area (Å²) < 4.78 is 3.84. The maximum Gasteiger partial charge on any atom is 0.169 e. The standard InChI is InChI=1S/C11H11N5S/c1-15-9(2-3-14-15)8-17-11-10-12-4-6-16(10)7-5-13-11/h2-7H,8H2,1H3. The lowest BCUT2D eigenvalue weighted by atomic mass is 10.5. The molecule has 3 heterocycles.